The first-order valence-corrected chi connectivity index (χ1v) is 7.34. The lowest BCUT2D eigenvalue weighted by molar-refractivity contribution is -0.141. The van der Waals surface area contributed by atoms with Gasteiger partial charge in [0, 0.05) is 11.8 Å². The Morgan fingerprint density at radius 2 is 1.79 bits per heavy atom. The smallest absolute Gasteiger partial charge is 0.433 e. The van der Waals surface area contributed by atoms with E-state index >= 15 is 0 Å². The monoisotopic (exact) mass is 410 g/mol. The summed E-state index contributed by atoms with van der Waals surface area (Å²) in [5, 5.41) is 13.0. The summed E-state index contributed by atoms with van der Waals surface area (Å²) in [7, 11) is 1.04. The van der Waals surface area contributed by atoms with Gasteiger partial charge in [-0.3, -0.25) is 4.79 Å². The molecule has 1 aromatic carbocycles. The minimum atomic E-state index is -4.89. The van der Waals surface area contributed by atoms with Gasteiger partial charge in [-0.15, -0.1) is 0 Å². The third kappa shape index (κ3) is 5.37. The van der Waals surface area contributed by atoms with Crippen LogP contribution in [-0.2, 0) is 17.1 Å². The van der Waals surface area contributed by atoms with Crippen LogP contribution >= 0.6 is 0 Å². The van der Waals surface area contributed by atoms with Crippen LogP contribution in [0.15, 0.2) is 24.3 Å². The Bertz CT molecular complexity index is 870. The quantitative estimate of drug-likeness (QED) is 0.624. The van der Waals surface area contributed by atoms with Crippen LogP contribution < -0.4 is 15.4 Å². The van der Waals surface area contributed by atoms with Gasteiger partial charge >= 0.3 is 18.3 Å². The Morgan fingerprint density at radius 3 is 2.32 bits per heavy atom. The maximum atomic E-state index is 13.1. The zero-order chi connectivity index (χ0) is 21.1. The highest BCUT2D eigenvalue weighted by Gasteiger charge is 2.35. The van der Waals surface area contributed by atoms with E-state index in [1.54, 1.807) is 0 Å². The summed E-state index contributed by atoms with van der Waals surface area (Å²) in [6, 6.07) is 3.25. The van der Waals surface area contributed by atoms with E-state index < -0.39 is 53.6 Å². The van der Waals surface area contributed by atoms with Crippen LogP contribution in [0.2, 0.25) is 0 Å². The van der Waals surface area contributed by atoms with Gasteiger partial charge in [0.15, 0.2) is 5.69 Å². The van der Waals surface area contributed by atoms with Gasteiger partial charge in [0.1, 0.15) is 18.1 Å². The molecule has 0 amide bonds. The molecule has 0 aliphatic carbocycles. The molecule has 0 unspecified atom stereocenters. The molecule has 1 heterocycles. The first-order valence-electron chi connectivity index (χ1n) is 7.34. The number of carbonyl (C=O) groups is 1. The number of methoxy groups -OCH3 is 1. The minimum absolute atomic E-state index is 0.218. The lowest BCUT2D eigenvalue weighted by Gasteiger charge is -2.15. The molecule has 0 bridgehead atoms. The number of carboxylic acid groups (broad SMARTS) is 1. The zero-order valence-electron chi connectivity index (χ0n) is 13.9. The first-order chi connectivity index (χ1) is 12.9. The second-order valence-corrected chi connectivity index (χ2v) is 5.24. The fraction of sp³-hybridized carbons (Fsp3) is 0.267. The molecule has 0 fully saturated rings. The third-order valence-corrected chi connectivity index (χ3v) is 3.19. The Kier molecular flexibility index (Phi) is 5.85. The third-order valence-electron chi connectivity index (χ3n) is 3.19. The largest absolute Gasteiger partial charge is 0.496 e. The molecule has 3 N–H and O–H groups in total. The van der Waals surface area contributed by atoms with Crippen LogP contribution in [0.5, 0.6) is 5.75 Å². The number of rotatable bonds is 6. The van der Waals surface area contributed by atoms with E-state index in [9.17, 15) is 31.1 Å². The molecule has 0 saturated carbocycles. The molecule has 0 spiro atoms. The van der Waals surface area contributed by atoms with Gasteiger partial charge < -0.3 is 20.5 Å². The van der Waals surface area contributed by atoms with Crippen molar-refractivity contribution in [3.05, 3.63) is 35.5 Å². The standard InChI is InChI=1S/C15H12F6N4O3/c1-28-9-3-2-7(4-8(9)14(16,17)18)23-11-5-10(15(19,20)21)24-13(25-11)22-6-12(26)27/h2-5H,6H2,1H3,(H,26,27)(H2,22,23,24,25). The number of alkyl halides is 6. The van der Waals surface area contributed by atoms with Gasteiger partial charge in [-0.05, 0) is 18.2 Å². The van der Waals surface area contributed by atoms with E-state index in [0.717, 1.165) is 19.2 Å². The normalized spacial score (nSPS) is 11.8. The number of nitrogens with one attached hydrogen (secondary N) is 2. The first kappa shape index (κ1) is 21.1. The van der Waals surface area contributed by atoms with Gasteiger partial charge in [0.25, 0.3) is 0 Å². The maximum Gasteiger partial charge on any atom is 0.433 e. The molecule has 0 saturated heterocycles. The highest BCUT2D eigenvalue weighted by Crippen LogP contribution is 2.38. The van der Waals surface area contributed by atoms with E-state index in [1.807, 2.05) is 0 Å². The topological polar surface area (TPSA) is 96.4 Å². The lowest BCUT2D eigenvalue weighted by Crippen LogP contribution is -2.17. The fourth-order valence-electron chi connectivity index (χ4n) is 2.05. The van der Waals surface area contributed by atoms with Crippen molar-refractivity contribution in [3.8, 4) is 5.75 Å². The minimum Gasteiger partial charge on any atom is -0.496 e. The molecule has 2 aromatic rings. The zero-order valence-corrected chi connectivity index (χ0v) is 13.9. The van der Waals surface area contributed by atoms with Crippen molar-refractivity contribution in [2.45, 2.75) is 12.4 Å². The molecule has 7 nitrogen and oxygen atoms in total. The molecule has 13 heteroatoms. The van der Waals surface area contributed by atoms with Crippen LogP contribution in [0.1, 0.15) is 11.3 Å². The van der Waals surface area contributed by atoms with Gasteiger partial charge in [-0.2, -0.15) is 31.3 Å². The molecule has 2 rings (SSSR count). The van der Waals surface area contributed by atoms with Crippen LogP contribution in [0.3, 0.4) is 0 Å². The summed E-state index contributed by atoms with van der Waals surface area (Å²) in [5.74, 6) is -3.00. The van der Waals surface area contributed by atoms with E-state index in [1.165, 1.54) is 0 Å². The highest BCUT2D eigenvalue weighted by atomic mass is 19.4. The number of carboxylic acids is 1. The molecule has 0 aliphatic heterocycles. The lowest BCUT2D eigenvalue weighted by atomic mass is 10.1. The number of aliphatic carboxylic acids is 1. The number of halogens is 6. The number of benzene rings is 1. The molecule has 0 aliphatic rings. The summed E-state index contributed by atoms with van der Waals surface area (Å²) < 4.78 is 82.8. The summed E-state index contributed by atoms with van der Waals surface area (Å²) in [6.45, 7) is -0.762. The van der Waals surface area contributed by atoms with Crippen LogP contribution in [0.4, 0.5) is 43.8 Å². The van der Waals surface area contributed by atoms with Crippen molar-refractivity contribution in [3.63, 3.8) is 0 Å². The number of anilines is 3. The SMILES string of the molecule is COc1ccc(Nc2cc(C(F)(F)F)nc(NCC(=O)O)n2)cc1C(F)(F)F. The molecular formula is C15H12F6N4O3. The predicted molar refractivity (Wildman–Crippen MR) is 84.4 cm³/mol. The predicted octanol–water partition coefficient (Wildman–Crippen LogP) is 3.76. The van der Waals surface area contributed by atoms with Crippen molar-refractivity contribution in [2.24, 2.45) is 0 Å². The average Bonchev–Trinajstić information content (AvgIpc) is 2.58. The molecule has 28 heavy (non-hydrogen) atoms. The number of hydrogen-bond donors (Lipinski definition) is 3. The molecule has 152 valence electrons. The van der Waals surface area contributed by atoms with E-state index in [-0.39, 0.29) is 5.69 Å². The van der Waals surface area contributed by atoms with E-state index in [2.05, 4.69) is 25.3 Å². The summed E-state index contributed by atoms with van der Waals surface area (Å²) in [5.41, 5.74) is -2.78. The second-order valence-electron chi connectivity index (χ2n) is 5.24. The van der Waals surface area contributed by atoms with Gasteiger partial charge in [0.2, 0.25) is 5.95 Å². The number of aromatic nitrogens is 2. The number of ether oxygens (including phenoxy) is 1. The Morgan fingerprint density at radius 1 is 1.11 bits per heavy atom. The average molecular weight is 410 g/mol. The van der Waals surface area contributed by atoms with Crippen molar-refractivity contribution in [1.29, 1.82) is 0 Å². The Balaban J connectivity index is 2.42. The van der Waals surface area contributed by atoms with Gasteiger partial charge in [-0.25, -0.2) is 4.98 Å². The van der Waals surface area contributed by atoms with E-state index in [0.29, 0.717) is 12.1 Å². The summed E-state index contributed by atoms with van der Waals surface area (Å²) in [6.07, 6.45) is -9.66. The molecule has 1 aromatic heterocycles. The molecule has 0 atom stereocenters. The van der Waals surface area contributed by atoms with Crippen LogP contribution in [0, 0.1) is 0 Å². The molecule has 0 radical (unpaired) electrons. The van der Waals surface area contributed by atoms with Crippen molar-refractivity contribution >= 4 is 23.4 Å². The summed E-state index contributed by atoms with van der Waals surface area (Å²) >= 11 is 0. The summed E-state index contributed by atoms with van der Waals surface area (Å²) in [4.78, 5) is 17.3. The van der Waals surface area contributed by atoms with E-state index in [4.69, 9.17) is 5.11 Å². The van der Waals surface area contributed by atoms with Crippen LogP contribution in [-0.4, -0.2) is 34.7 Å². The van der Waals surface area contributed by atoms with Crippen molar-refractivity contribution in [1.82, 2.24) is 9.97 Å². The second kappa shape index (κ2) is 7.78. The fourth-order valence-corrected chi connectivity index (χ4v) is 2.05. The Labute approximate surface area is 153 Å². The van der Waals surface area contributed by atoms with Crippen molar-refractivity contribution in [2.75, 3.05) is 24.3 Å². The number of nitrogens with zero attached hydrogens (tertiary/aromatic N) is 2. The van der Waals surface area contributed by atoms with Gasteiger partial charge in [-0.1, -0.05) is 0 Å². The van der Waals surface area contributed by atoms with Crippen molar-refractivity contribution < 1.29 is 41.0 Å². The number of hydrogen-bond acceptors (Lipinski definition) is 6. The van der Waals surface area contributed by atoms with Crippen LogP contribution in [0.25, 0.3) is 0 Å². The Hall–Kier alpha value is -3.25. The maximum absolute atomic E-state index is 13.1. The van der Waals surface area contributed by atoms with Gasteiger partial charge in [0.05, 0.1) is 12.7 Å². The highest BCUT2D eigenvalue weighted by molar-refractivity contribution is 5.72. The molecular weight excluding hydrogens is 398 g/mol.